The summed E-state index contributed by atoms with van der Waals surface area (Å²) < 4.78 is 44.5. The fraction of sp³-hybridized carbons (Fsp3) is 0.346. The second kappa shape index (κ2) is 8.71. The molecule has 1 aliphatic heterocycles. The first-order chi connectivity index (χ1) is 15.6. The summed E-state index contributed by atoms with van der Waals surface area (Å²) in [5, 5.41) is 9.84. The zero-order valence-electron chi connectivity index (χ0n) is 18.8. The summed E-state index contributed by atoms with van der Waals surface area (Å²) in [6.45, 7) is 5.58. The first-order valence-electron chi connectivity index (χ1n) is 10.9. The highest BCUT2D eigenvalue weighted by Crippen LogP contribution is 2.46. The Morgan fingerprint density at radius 1 is 1.27 bits per heavy atom. The van der Waals surface area contributed by atoms with Gasteiger partial charge in [-0.2, -0.15) is 0 Å². The Morgan fingerprint density at radius 2 is 1.94 bits per heavy atom. The molecule has 1 aliphatic rings. The number of carbonyl (C=O) groups is 1. The van der Waals surface area contributed by atoms with Crippen molar-refractivity contribution in [2.24, 2.45) is 5.92 Å². The molecule has 33 heavy (non-hydrogen) atoms. The molecule has 3 aromatic rings. The molecule has 7 heteroatoms. The van der Waals surface area contributed by atoms with Crippen molar-refractivity contribution in [1.82, 2.24) is 9.88 Å². The van der Waals surface area contributed by atoms with Crippen molar-refractivity contribution in [2.75, 3.05) is 13.2 Å². The summed E-state index contributed by atoms with van der Waals surface area (Å²) in [7, 11) is 0. The number of nitrogens with zero attached hydrogens (tertiary/aromatic N) is 1. The molecule has 0 saturated carbocycles. The Labute approximate surface area is 190 Å². The third kappa shape index (κ3) is 4.29. The molecular formula is C26H27F3N2O2. The lowest BCUT2D eigenvalue weighted by molar-refractivity contribution is -0.131. The van der Waals surface area contributed by atoms with Gasteiger partial charge in [0.15, 0.2) is 0 Å². The highest BCUT2D eigenvalue weighted by Gasteiger charge is 2.44. The van der Waals surface area contributed by atoms with Crippen molar-refractivity contribution in [3.8, 4) is 0 Å². The highest BCUT2D eigenvalue weighted by atomic mass is 19.1. The molecule has 2 N–H and O–H groups in total. The van der Waals surface area contributed by atoms with Gasteiger partial charge >= 0.3 is 5.97 Å². The lowest BCUT2D eigenvalue weighted by Gasteiger charge is -2.48. The molecule has 2 aromatic carbocycles. The van der Waals surface area contributed by atoms with Crippen molar-refractivity contribution in [3.63, 3.8) is 0 Å². The minimum absolute atomic E-state index is 0.117. The smallest absolute Gasteiger partial charge is 0.328 e. The second-order valence-electron chi connectivity index (χ2n) is 9.44. The molecule has 4 rings (SSSR count). The van der Waals surface area contributed by atoms with Crippen LogP contribution in [0, 0.1) is 17.6 Å². The van der Waals surface area contributed by atoms with Crippen LogP contribution in [0.2, 0.25) is 0 Å². The molecule has 1 unspecified atom stereocenters. The Balaban J connectivity index is 1.94. The van der Waals surface area contributed by atoms with Crippen LogP contribution >= 0.6 is 0 Å². The van der Waals surface area contributed by atoms with Crippen LogP contribution in [0.15, 0.2) is 42.5 Å². The van der Waals surface area contributed by atoms with Crippen LogP contribution in [0.25, 0.3) is 17.0 Å². The number of aliphatic carboxylic acids is 1. The van der Waals surface area contributed by atoms with Crippen LogP contribution < -0.4 is 0 Å². The molecule has 0 radical (unpaired) electrons. The van der Waals surface area contributed by atoms with Gasteiger partial charge in [0.2, 0.25) is 0 Å². The molecule has 2 heterocycles. The highest BCUT2D eigenvalue weighted by molar-refractivity contribution is 5.86. The Kier molecular flexibility index (Phi) is 6.10. The van der Waals surface area contributed by atoms with E-state index in [1.165, 1.54) is 0 Å². The number of halogens is 3. The van der Waals surface area contributed by atoms with E-state index in [0.29, 0.717) is 18.7 Å². The number of H-pyrrole nitrogens is 1. The van der Waals surface area contributed by atoms with Gasteiger partial charge in [0.05, 0.1) is 12.7 Å². The topological polar surface area (TPSA) is 56.3 Å². The number of carboxylic acids is 1. The van der Waals surface area contributed by atoms with Gasteiger partial charge in [-0.3, -0.25) is 9.29 Å². The van der Waals surface area contributed by atoms with Crippen LogP contribution in [0.1, 0.15) is 49.2 Å². The van der Waals surface area contributed by atoms with Crippen molar-refractivity contribution in [3.05, 3.63) is 76.5 Å². The predicted molar refractivity (Wildman–Crippen MR) is 123 cm³/mol. The van der Waals surface area contributed by atoms with E-state index < -0.39 is 35.9 Å². The molecule has 4 nitrogen and oxygen atoms in total. The van der Waals surface area contributed by atoms with Crippen LogP contribution in [0.5, 0.6) is 0 Å². The van der Waals surface area contributed by atoms with E-state index in [1.54, 1.807) is 6.92 Å². The van der Waals surface area contributed by atoms with E-state index >= 15 is 8.78 Å². The van der Waals surface area contributed by atoms with Gasteiger partial charge < -0.3 is 10.1 Å². The standard InChI is InChI=1S/C26H27F3N2O2/c1-15(13-27)14-31-25(23-19(28)10-16(11-20(23)29)8-9-22(32)33)24-18(12-26(31,2)3)17-6-4-5-7-21(17)30-24/h4-11,15,25,30H,12-14H2,1-3H3,(H,32,33)/t15-,25?/m1/s1. The Bertz CT molecular complexity index is 1210. The summed E-state index contributed by atoms with van der Waals surface area (Å²) in [4.78, 5) is 16.2. The lowest BCUT2D eigenvalue weighted by Crippen LogP contribution is -2.53. The number of nitrogens with one attached hydrogen (secondary N) is 1. The van der Waals surface area contributed by atoms with Gasteiger partial charge in [-0.25, -0.2) is 13.6 Å². The molecule has 0 aliphatic carbocycles. The fourth-order valence-corrected chi connectivity index (χ4v) is 4.85. The third-order valence-electron chi connectivity index (χ3n) is 6.38. The van der Waals surface area contributed by atoms with E-state index in [0.717, 1.165) is 40.8 Å². The summed E-state index contributed by atoms with van der Waals surface area (Å²) >= 11 is 0. The predicted octanol–water partition coefficient (Wildman–Crippen LogP) is 5.88. The SMILES string of the molecule is C[C@H](CF)CN1C(c2c(F)cc(C=CC(=O)O)cc2F)c2[nH]c3ccccc3c2CC1(C)C. The average Bonchev–Trinajstić information content (AvgIpc) is 3.11. The number of benzene rings is 2. The van der Waals surface area contributed by atoms with E-state index in [2.05, 4.69) is 4.98 Å². The van der Waals surface area contributed by atoms with Crippen LogP contribution in [-0.2, 0) is 11.2 Å². The van der Waals surface area contributed by atoms with Crippen LogP contribution in [0.3, 0.4) is 0 Å². The number of para-hydroxylation sites is 1. The van der Waals surface area contributed by atoms with Crippen LogP contribution in [0.4, 0.5) is 13.2 Å². The summed E-state index contributed by atoms with van der Waals surface area (Å²) in [5.74, 6) is -3.07. The van der Waals surface area contributed by atoms with Crippen molar-refractivity contribution >= 4 is 22.9 Å². The molecule has 0 saturated heterocycles. The number of hydrogen-bond acceptors (Lipinski definition) is 2. The normalized spacial score (nSPS) is 19.2. The van der Waals surface area contributed by atoms with Crippen molar-refractivity contribution in [2.45, 2.75) is 38.8 Å². The quantitative estimate of drug-likeness (QED) is 0.456. The van der Waals surface area contributed by atoms with Crippen LogP contribution in [-0.4, -0.2) is 39.7 Å². The lowest BCUT2D eigenvalue weighted by atomic mass is 9.80. The average molecular weight is 457 g/mol. The molecule has 2 atom stereocenters. The number of alkyl halides is 1. The largest absolute Gasteiger partial charge is 0.478 e. The first kappa shape index (κ1) is 23.1. The molecule has 174 valence electrons. The van der Waals surface area contributed by atoms with Gasteiger partial charge in [0.25, 0.3) is 0 Å². The third-order valence-corrected chi connectivity index (χ3v) is 6.38. The number of hydrogen-bond donors (Lipinski definition) is 2. The molecule has 1 aromatic heterocycles. The zero-order valence-corrected chi connectivity index (χ0v) is 18.8. The van der Waals surface area contributed by atoms with Crippen molar-refractivity contribution in [1.29, 1.82) is 0 Å². The number of fused-ring (bicyclic) bond motifs is 3. The Hall–Kier alpha value is -3.06. The number of aromatic amines is 1. The molecular weight excluding hydrogens is 429 g/mol. The van der Waals surface area contributed by atoms with Gasteiger partial charge in [0, 0.05) is 40.3 Å². The van der Waals surface area contributed by atoms with Gasteiger partial charge in [-0.05, 0) is 61.6 Å². The zero-order chi connectivity index (χ0) is 23.9. The maximum atomic E-state index is 15.5. The second-order valence-corrected chi connectivity index (χ2v) is 9.44. The van der Waals surface area contributed by atoms with E-state index in [4.69, 9.17) is 5.11 Å². The van der Waals surface area contributed by atoms with E-state index in [9.17, 15) is 9.18 Å². The monoisotopic (exact) mass is 456 g/mol. The molecule has 0 bridgehead atoms. The molecule has 0 fully saturated rings. The fourth-order valence-electron chi connectivity index (χ4n) is 4.85. The van der Waals surface area contributed by atoms with Gasteiger partial charge in [-0.1, -0.05) is 25.1 Å². The van der Waals surface area contributed by atoms with E-state index in [1.807, 2.05) is 43.0 Å². The maximum absolute atomic E-state index is 15.5. The number of carboxylic acid groups (broad SMARTS) is 1. The summed E-state index contributed by atoms with van der Waals surface area (Å²) in [6.07, 6.45) is 2.63. The van der Waals surface area contributed by atoms with E-state index in [-0.39, 0.29) is 17.0 Å². The minimum atomic E-state index is -1.21. The van der Waals surface area contributed by atoms with Gasteiger partial charge in [0.1, 0.15) is 11.6 Å². The summed E-state index contributed by atoms with van der Waals surface area (Å²) in [6, 6.07) is 9.24. The van der Waals surface area contributed by atoms with Crippen molar-refractivity contribution < 1.29 is 23.1 Å². The maximum Gasteiger partial charge on any atom is 0.328 e. The molecule has 0 amide bonds. The summed E-state index contributed by atoms with van der Waals surface area (Å²) in [5.41, 5.74) is 2.07. The number of rotatable bonds is 6. The molecule has 0 spiro atoms. The minimum Gasteiger partial charge on any atom is -0.478 e. The van der Waals surface area contributed by atoms with Gasteiger partial charge in [-0.15, -0.1) is 0 Å². The number of aromatic nitrogens is 1. The first-order valence-corrected chi connectivity index (χ1v) is 10.9. The Morgan fingerprint density at radius 3 is 2.58 bits per heavy atom.